The predicted molar refractivity (Wildman–Crippen MR) is 82.6 cm³/mol. The summed E-state index contributed by atoms with van der Waals surface area (Å²) >= 11 is 0. The van der Waals surface area contributed by atoms with Gasteiger partial charge in [0, 0.05) is 19.1 Å². The molecule has 0 bridgehead atoms. The van der Waals surface area contributed by atoms with E-state index < -0.39 is 9.84 Å². The van der Waals surface area contributed by atoms with E-state index in [1.807, 2.05) is 18.2 Å². The van der Waals surface area contributed by atoms with Crippen LogP contribution >= 0.6 is 0 Å². The summed E-state index contributed by atoms with van der Waals surface area (Å²) in [5.74, 6) is 0.606. The lowest BCUT2D eigenvalue weighted by atomic mass is 10.0. The van der Waals surface area contributed by atoms with Gasteiger partial charge in [0.25, 0.3) is 0 Å². The molecule has 1 aliphatic heterocycles. The Morgan fingerprint density at radius 1 is 1.20 bits per heavy atom. The van der Waals surface area contributed by atoms with Crippen LogP contribution in [-0.2, 0) is 9.84 Å². The molecule has 0 aliphatic carbocycles. The van der Waals surface area contributed by atoms with Crippen molar-refractivity contribution >= 4 is 9.84 Å². The maximum atomic E-state index is 11.7. The van der Waals surface area contributed by atoms with Gasteiger partial charge in [-0.3, -0.25) is 4.90 Å². The second kappa shape index (κ2) is 7.20. The molecule has 20 heavy (non-hydrogen) atoms. The highest BCUT2D eigenvalue weighted by atomic mass is 32.2. The zero-order valence-electron chi connectivity index (χ0n) is 12.1. The van der Waals surface area contributed by atoms with Crippen molar-refractivity contribution in [2.24, 2.45) is 0 Å². The van der Waals surface area contributed by atoms with E-state index in [2.05, 4.69) is 29.3 Å². The lowest BCUT2D eigenvalue weighted by molar-refractivity contribution is 0.208. The van der Waals surface area contributed by atoms with Gasteiger partial charge in [0.05, 0.1) is 11.5 Å². The van der Waals surface area contributed by atoms with Gasteiger partial charge in [-0.2, -0.15) is 0 Å². The molecule has 1 fully saturated rings. The molecular formula is C15H24N2O2S. The summed E-state index contributed by atoms with van der Waals surface area (Å²) in [5.41, 5.74) is 1.26. The second-order valence-corrected chi connectivity index (χ2v) is 7.58. The number of nitrogens with one attached hydrogen (secondary N) is 1. The maximum absolute atomic E-state index is 11.7. The molecular weight excluding hydrogens is 272 g/mol. The Balaban J connectivity index is 2.14. The Kier molecular flexibility index (Phi) is 5.57. The van der Waals surface area contributed by atoms with Gasteiger partial charge in [0.15, 0.2) is 9.84 Å². The van der Waals surface area contributed by atoms with E-state index in [1.165, 1.54) is 5.56 Å². The van der Waals surface area contributed by atoms with E-state index in [0.717, 1.165) is 26.1 Å². The SMILES string of the molecule is CCNCC(c1ccccc1)N1CCCS(=O)(=O)CC1. The third kappa shape index (κ3) is 4.30. The molecule has 1 atom stereocenters. The van der Waals surface area contributed by atoms with E-state index in [0.29, 0.717) is 12.3 Å². The number of rotatable bonds is 5. The molecule has 1 saturated heterocycles. The minimum Gasteiger partial charge on any atom is -0.315 e. The molecule has 1 unspecified atom stereocenters. The first kappa shape index (κ1) is 15.5. The van der Waals surface area contributed by atoms with Crippen molar-refractivity contribution in [3.8, 4) is 0 Å². The Labute approximate surface area is 122 Å². The van der Waals surface area contributed by atoms with E-state index in [4.69, 9.17) is 0 Å². The highest BCUT2D eigenvalue weighted by Crippen LogP contribution is 2.22. The smallest absolute Gasteiger partial charge is 0.151 e. The minimum atomic E-state index is -2.85. The van der Waals surface area contributed by atoms with Crippen LogP contribution in [-0.4, -0.2) is 51.0 Å². The summed E-state index contributed by atoms with van der Waals surface area (Å²) in [6.45, 7) is 5.36. The normalized spacial score (nSPS) is 21.2. The van der Waals surface area contributed by atoms with Gasteiger partial charge in [0.1, 0.15) is 0 Å². The van der Waals surface area contributed by atoms with Crippen LogP contribution in [0.2, 0.25) is 0 Å². The highest BCUT2D eigenvalue weighted by molar-refractivity contribution is 7.91. The van der Waals surface area contributed by atoms with Crippen molar-refractivity contribution in [3.63, 3.8) is 0 Å². The molecule has 0 aromatic heterocycles. The van der Waals surface area contributed by atoms with Gasteiger partial charge < -0.3 is 5.32 Å². The van der Waals surface area contributed by atoms with Crippen LogP contribution in [0.5, 0.6) is 0 Å². The molecule has 1 N–H and O–H groups in total. The summed E-state index contributed by atoms with van der Waals surface area (Å²) in [5, 5.41) is 3.39. The summed E-state index contributed by atoms with van der Waals surface area (Å²) < 4.78 is 23.5. The highest BCUT2D eigenvalue weighted by Gasteiger charge is 2.25. The zero-order chi connectivity index (χ0) is 14.4. The molecule has 0 spiro atoms. The molecule has 1 heterocycles. The van der Waals surface area contributed by atoms with Gasteiger partial charge in [-0.1, -0.05) is 37.3 Å². The number of hydrogen-bond donors (Lipinski definition) is 1. The topological polar surface area (TPSA) is 49.4 Å². The number of nitrogens with zero attached hydrogens (tertiary/aromatic N) is 1. The molecule has 0 radical (unpaired) electrons. The molecule has 5 heteroatoms. The molecule has 0 amide bonds. The quantitative estimate of drug-likeness (QED) is 0.894. The van der Waals surface area contributed by atoms with Crippen molar-refractivity contribution in [2.45, 2.75) is 19.4 Å². The third-order valence-electron chi connectivity index (χ3n) is 3.80. The Morgan fingerprint density at radius 3 is 2.65 bits per heavy atom. The van der Waals surface area contributed by atoms with Crippen molar-refractivity contribution in [1.29, 1.82) is 0 Å². The van der Waals surface area contributed by atoms with Gasteiger partial charge in [0.2, 0.25) is 0 Å². The molecule has 2 rings (SSSR count). The minimum absolute atomic E-state index is 0.254. The lowest BCUT2D eigenvalue weighted by Crippen LogP contribution is -2.37. The van der Waals surface area contributed by atoms with Gasteiger partial charge >= 0.3 is 0 Å². The molecule has 4 nitrogen and oxygen atoms in total. The van der Waals surface area contributed by atoms with Gasteiger partial charge in [-0.15, -0.1) is 0 Å². The fourth-order valence-electron chi connectivity index (χ4n) is 2.68. The monoisotopic (exact) mass is 296 g/mol. The number of benzene rings is 1. The fourth-order valence-corrected chi connectivity index (χ4v) is 3.97. The Hall–Kier alpha value is -0.910. The Bertz CT molecular complexity index is 502. The van der Waals surface area contributed by atoms with E-state index in [9.17, 15) is 8.42 Å². The van der Waals surface area contributed by atoms with Crippen LogP contribution in [0, 0.1) is 0 Å². The average molecular weight is 296 g/mol. The summed E-state index contributed by atoms with van der Waals surface area (Å²) in [7, 11) is -2.85. The van der Waals surface area contributed by atoms with Crippen LogP contribution in [0.4, 0.5) is 0 Å². The summed E-state index contributed by atoms with van der Waals surface area (Å²) in [6, 6.07) is 10.6. The molecule has 1 aromatic rings. The molecule has 0 saturated carbocycles. The largest absolute Gasteiger partial charge is 0.315 e. The summed E-state index contributed by atoms with van der Waals surface area (Å²) in [4.78, 5) is 2.31. The maximum Gasteiger partial charge on any atom is 0.151 e. The first-order chi connectivity index (χ1) is 9.62. The average Bonchev–Trinajstić information content (AvgIpc) is 2.62. The van der Waals surface area contributed by atoms with Crippen LogP contribution in [0.25, 0.3) is 0 Å². The molecule has 1 aromatic carbocycles. The van der Waals surface area contributed by atoms with E-state index in [1.54, 1.807) is 0 Å². The predicted octanol–water partition coefficient (Wildman–Crippen LogP) is 1.46. The first-order valence-corrected chi connectivity index (χ1v) is 9.14. The first-order valence-electron chi connectivity index (χ1n) is 7.32. The third-order valence-corrected chi connectivity index (χ3v) is 5.52. The standard InChI is InChI=1S/C15H24N2O2S/c1-2-16-13-15(14-7-4-3-5-8-14)17-9-6-11-20(18,19)12-10-17/h3-5,7-8,15-16H,2,6,9-13H2,1H3. The van der Waals surface area contributed by atoms with Gasteiger partial charge in [-0.05, 0) is 25.1 Å². The zero-order valence-corrected chi connectivity index (χ0v) is 12.9. The molecule has 1 aliphatic rings. The number of hydrogen-bond acceptors (Lipinski definition) is 4. The van der Waals surface area contributed by atoms with E-state index >= 15 is 0 Å². The Morgan fingerprint density at radius 2 is 1.95 bits per heavy atom. The molecule has 112 valence electrons. The number of likely N-dealkylation sites (N-methyl/N-ethyl adjacent to an activating group) is 1. The van der Waals surface area contributed by atoms with Crippen molar-refractivity contribution in [3.05, 3.63) is 35.9 Å². The van der Waals surface area contributed by atoms with Crippen LogP contribution in [0.3, 0.4) is 0 Å². The fraction of sp³-hybridized carbons (Fsp3) is 0.600. The van der Waals surface area contributed by atoms with Crippen LogP contribution in [0.15, 0.2) is 30.3 Å². The summed E-state index contributed by atoms with van der Waals surface area (Å²) in [6.07, 6.45) is 0.734. The van der Waals surface area contributed by atoms with Crippen molar-refractivity contribution in [2.75, 3.05) is 37.7 Å². The lowest BCUT2D eigenvalue weighted by Gasteiger charge is -2.31. The van der Waals surface area contributed by atoms with E-state index in [-0.39, 0.29) is 11.8 Å². The van der Waals surface area contributed by atoms with Gasteiger partial charge in [-0.25, -0.2) is 8.42 Å². The van der Waals surface area contributed by atoms with Crippen LogP contribution < -0.4 is 5.32 Å². The van der Waals surface area contributed by atoms with Crippen molar-refractivity contribution in [1.82, 2.24) is 10.2 Å². The van der Waals surface area contributed by atoms with Crippen molar-refractivity contribution < 1.29 is 8.42 Å². The number of sulfone groups is 1. The second-order valence-electron chi connectivity index (χ2n) is 5.28. The van der Waals surface area contributed by atoms with Crippen LogP contribution in [0.1, 0.15) is 24.9 Å².